The molecule has 0 aliphatic carbocycles. The number of thioether (sulfide) groups is 1. The highest BCUT2D eigenvalue weighted by molar-refractivity contribution is 7.99. The number of carbonyl (C=O) groups excluding carboxylic acids is 1. The van der Waals surface area contributed by atoms with Crippen LogP contribution in [0.2, 0.25) is 5.02 Å². The minimum absolute atomic E-state index is 0.227. The zero-order valence-corrected chi connectivity index (χ0v) is 25.0. The number of hydrogen-bond donors (Lipinski definition) is 2. The predicted octanol–water partition coefficient (Wildman–Crippen LogP) is 7.26. The monoisotopic (exact) mass is 589 g/mol. The lowest BCUT2D eigenvalue weighted by molar-refractivity contribution is -0.113. The van der Waals surface area contributed by atoms with Crippen molar-refractivity contribution in [2.45, 2.75) is 45.0 Å². The summed E-state index contributed by atoms with van der Waals surface area (Å²) in [6.07, 6.45) is 1.00. The fourth-order valence-corrected chi connectivity index (χ4v) is 5.35. The summed E-state index contributed by atoms with van der Waals surface area (Å²) in [4.78, 5) is 18.5. The molecule has 0 saturated carbocycles. The number of rotatable bonds is 10. The zero-order valence-electron chi connectivity index (χ0n) is 23.4. The number of hydrogen-bond acceptors (Lipinski definition) is 7. The van der Waals surface area contributed by atoms with Gasteiger partial charge in [0, 0.05) is 22.2 Å². The maximum Gasteiger partial charge on any atom is 0.255 e. The second kappa shape index (κ2) is 12.7. The van der Waals surface area contributed by atoms with E-state index in [9.17, 15) is 4.79 Å². The van der Waals surface area contributed by atoms with Gasteiger partial charge in [0.15, 0.2) is 11.5 Å². The van der Waals surface area contributed by atoms with Crippen LogP contribution in [-0.4, -0.2) is 33.5 Å². The summed E-state index contributed by atoms with van der Waals surface area (Å²) >= 11 is 7.60. The SMILES string of the molecule is CCCSc1nc2n(n1)C(c1ccc(OCc3ccc(Cl)cc3)c(OC)c1)C(C(=O)Nc1ccc(C)cc1)=C(C)N2. The molecule has 5 rings (SSSR count). The molecular formula is C31H32ClN5O3S. The van der Waals surface area contributed by atoms with Crippen LogP contribution in [-0.2, 0) is 11.4 Å². The molecule has 212 valence electrons. The van der Waals surface area contributed by atoms with Crippen LogP contribution >= 0.6 is 23.4 Å². The van der Waals surface area contributed by atoms with Crippen LogP contribution in [0.3, 0.4) is 0 Å². The maximum absolute atomic E-state index is 13.8. The normalized spacial score (nSPS) is 14.3. The van der Waals surface area contributed by atoms with E-state index in [1.807, 2.05) is 80.6 Å². The third-order valence-electron chi connectivity index (χ3n) is 6.63. The van der Waals surface area contributed by atoms with Crippen LogP contribution in [0.15, 0.2) is 83.2 Å². The standard InChI is InChI=1S/C31H32ClN5O3S/c1-5-16-41-31-35-30-33-20(3)27(29(38)34-24-13-6-19(2)7-14-24)28(37(30)36-31)22-10-15-25(26(17-22)39-4)40-18-21-8-11-23(32)12-9-21/h6-15,17,28H,5,16,18H2,1-4H3,(H,34,38)(H,33,35,36). The van der Waals surface area contributed by atoms with Crippen molar-refractivity contribution in [2.75, 3.05) is 23.5 Å². The average molecular weight is 590 g/mol. The van der Waals surface area contributed by atoms with Gasteiger partial charge < -0.3 is 20.1 Å². The number of ether oxygens (including phenoxy) is 2. The summed E-state index contributed by atoms with van der Waals surface area (Å²) < 4.78 is 13.6. The number of allylic oxidation sites excluding steroid dienone is 1. The van der Waals surface area contributed by atoms with Gasteiger partial charge in [-0.25, -0.2) is 4.68 Å². The Kier molecular flexibility index (Phi) is 8.85. The summed E-state index contributed by atoms with van der Waals surface area (Å²) in [6.45, 7) is 6.37. The highest BCUT2D eigenvalue weighted by Crippen LogP contribution is 2.40. The van der Waals surface area contributed by atoms with E-state index in [1.165, 1.54) is 0 Å². The molecule has 2 heterocycles. The molecule has 1 aromatic heterocycles. The van der Waals surface area contributed by atoms with Crippen molar-refractivity contribution >= 4 is 40.9 Å². The number of nitrogens with zero attached hydrogens (tertiary/aromatic N) is 3. The number of methoxy groups -OCH3 is 1. The molecule has 1 aliphatic rings. The van der Waals surface area contributed by atoms with Gasteiger partial charge in [-0.15, -0.1) is 5.10 Å². The lowest BCUT2D eigenvalue weighted by Gasteiger charge is -2.29. The van der Waals surface area contributed by atoms with Crippen LogP contribution < -0.4 is 20.1 Å². The van der Waals surface area contributed by atoms with E-state index in [1.54, 1.807) is 23.6 Å². The molecule has 3 aromatic carbocycles. The van der Waals surface area contributed by atoms with Gasteiger partial charge in [-0.05, 0) is 67.8 Å². The summed E-state index contributed by atoms with van der Waals surface area (Å²) in [5.74, 6) is 2.39. The van der Waals surface area contributed by atoms with Crippen molar-refractivity contribution in [2.24, 2.45) is 0 Å². The van der Waals surface area contributed by atoms with Gasteiger partial charge in [-0.1, -0.05) is 66.2 Å². The first-order valence-corrected chi connectivity index (χ1v) is 14.7. The topological polar surface area (TPSA) is 90.3 Å². The number of anilines is 2. The van der Waals surface area contributed by atoms with Gasteiger partial charge in [-0.3, -0.25) is 4.79 Å². The molecule has 0 radical (unpaired) electrons. The molecule has 1 unspecified atom stereocenters. The number of nitrogens with one attached hydrogen (secondary N) is 2. The maximum atomic E-state index is 13.8. The fraction of sp³-hybridized carbons (Fsp3) is 0.258. The number of amides is 1. The lowest BCUT2D eigenvalue weighted by Crippen LogP contribution is -2.31. The Morgan fingerprint density at radius 3 is 2.54 bits per heavy atom. The van der Waals surface area contributed by atoms with Crippen LogP contribution in [0.1, 0.15) is 43.0 Å². The van der Waals surface area contributed by atoms with Crippen molar-refractivity contribution in [1.29, 1.82) is 0 Å². The molecule has 2 N–H and O–H groups in total. The molecule has 1 amide bonds. The second-order valence-electron chi connectivity index (χ2n) is 9.72. The smallest absolute Gasteiger partial charge is 0.255 e. The van der Waals surface area contributed by atoms with E-state index in [0.29, 0.717) is 51.2 Å². The van der Waals surface area contributed by atoms with Gasteiger partial charge in [0.25, 0.3) is 5.91 Å². The number of aromatic nitrogens is 3. The van der Waals surface area contributed by atoms with E-state index in [4.69, 9.17) is 31.2 Å². The Bertz CT molecular complexity index is 1570. The van der Waals surface area contributed by atoms with Crippen molar-refractivity contribution in [3.05, 3.63) is 99.7 Å². The zero-order chi connectivity index (χ0) is 28.9. The van der Waals surface area contributed by atoms with Crippen LogP contribution in [0.5, 0.6) is 11.5 Å². The summed E-state index contributed by atoms with van der Waals surface area (Å²) in [7, 11) is 1.60. The third kappa shape index (κ3) is 6.52. The predicted molar refractivity (Wildman–Crippen MR) is 164 cm³/mol. The Morgan fingerprint density at radius 1 is 1.07 bits per heavy atom. The lowest BCUT2D eigenvalue weighted by atomic mass is 9.94. The van der Waals surface area contributed by atoms with Crippen LogP contribution in [0, 0.1) is 6.92 Å². The van der Waals surface area contributed by atoms with E-state index in [2.05, 4.69) is 17.6 Å². The Morgan fingerprint density at radius 2 is 1.83 bits per heavy atom. The average Bonchev–Trinajstić information content (AvgIpc) is 3.38. The molecule has 0 saturated heterocycles. The molecule has 0 fully saturated rings. The molecule has 10 heteroatoms. The largest absolute Gasteiger partial charge is 0.493 e. The molecular weight excluding hydrogens is 558 g/mol. The van der Waals surface area contributed by atoms with Gasteiger partial charge in [0.05, 0.1) is 12.7 Å². The van der Waals surface area contributed by atoms with Gasteiger partial charge in [-0.2, -0.15) is 4.98 Å². The Balaban J connectivity index is 1.50. The van der Waals surface area contributed by atoms with E-state index in [-0.39, 0.29) is 5.91 Å². The summed E-state index contributed by atoms with van der Waals surface area (Å²) in [5.41, 5.74) is 4.86. The van der Waals surface area contributed by atoms with Crippen molar-refractivity contribution in [1.82, 2.24) is 14.8 Å². The number of benzene rings is 3. The van der Waals surface area contributed by atoms with Crippen LogP contribution in [0.25, 0.3) is 0 Å². The minimum atomic E-state index is -0.542. The van der Waals surface area contributed by atoms with E-state index < -0.39 is 6.04 Å². The molecule has 0 bridgehead atoms. The van der Waals surface area contributed by atoms with Gasteiger partial charge in [0.2, 0.25) is 11.1 Å². The highest BCUT2D eigenvalue weighted by atomic mass is 35.5. The third-order valence-corrected chi connectivity index (χ3v) is 7.93. The molecule has 0 spiro atoms. The van der Waals surface area contributed by atoms with Crippen molar-refractivity contribution in [3.8, 4) is 11.5 Å². The second-order valence-corrected chi connectivity index (χ2v) is 11.2. The molecule has 41 heavy (non-hydrogen) atoms. The summed E-state index contributed by atoms with van der Waals surface area (Å²) in [6, 6.07) is 20.4. The molecule has 4 aromatic rings. The molecule has 1 aliphatic heterocycles. The van der Waals surface area contributed by atoms with E-state index in [0.717, 1.165) is 28.9 Å². The van der Waals surface area contributed by atoms with Crippen molar-refractivity contribution in [3.63, 3.8) is 0 Å². The Hall–Kier alpha value is -3.95. The first-order chi connectivity index (χ1) is 19.9. The number of aryl methyl sites for hydroxylation is 1. The number of fused-ring (bicyclic) bond motifs is 1. The van der Waals surface area contributed by atoms with Crippen LogP contribution in [0.4, 0.5) is 11.6 Å². The first-order valence-electron chi connectivity index (χ1n) is 13.4. The number of carbonyl (C=O) groups is 1. The van der Waals surface area contributed by atoms with Crippen molar-refractivity contribution < 1.29 is 14.3 Å². The van der Waals surface area contributed by atoms with E-state index >= 15 is 0 Å². The Labute approximate surface area is 249 Å². The highest BCUT2D eigenvalue weighted by Gasteiger charge is 2.35. The van der Waals surface area contributed by atoms with Gasteiger partial charge >= 0.3 is 0 Å². The summed E-state index contributed by atoms with van der Waals surface area (Å²) in [5, 5.41) is 12.5. The fourth-order valence-electron chi connectivity index (χ4n) is 4.54. The minimum Gasteiger partial charge on any atom is -0.493 e. The first kappa shape index (κ1) is 28.6. The molecule has 8 nitrogen and oxygen atoms in total. The molecule has 1 atom stereocenters. The van der Waals surface area contributed by atoms with Gasteiger partial charge in [0.1, 0.15) is 12.6 Å². The quantitative estimate of drug-likeness (QED) is 0.188. The number of halogens is 1.